The first-order chi connectivity index (χ1) is 12.0. The lowest BCUT2D eigenvalue weighted by atomic mass is 10.1. The van der Waals surface area contributed by atoms with Gasteiger partial charge >= 0.3 is 0 Å². The summed E-state index contributed by atoms with van der Waals surface area (Å²) in [4.78, 5) is 25.7. The largest absolute Gasteiger partial charge is 0.493 e. The zero-order valence-electron chi connectivity index (χ0n) is 14.9. The monoisotopic (exact) mass is 340 g/mol. The molecule has 0 radical (unpaired) electrons. The van der Waals surface area contributed by atoms with Gasteiger partial charge in [-0.2, -0.15) is 0 Å². The Morgan fingerprint density at radius 2 is 1.76 bits per heavy atom. The maximum atomic E-state index is 12.1. The topological polar surface area (TPSA) is 58.6 Å². The molecule has 2 aromatic rings. The van der Waals surface area contributed by atoms with Gasteiger partial charge in [0.15, 0.2) is 0 Å². The molecule has 0 saturated carbocycles. The van der Waals surface area contributed by atoms with E-state index in [2.05, 4.69) is 5.32 Å². The molecule has 0 unspecified atom stereocenters. The number of aryl methyl sites for hydroxylation is 1. The van der Waals surface area contributed by atoms with Crippen LogP contribution in [0.25, 0.3) is 0 Å². The van der Waals surface area contributed by atoms with Crippen molar-refractivity contribution in [2.45, 2.75) is 20.3 Å². The van der Waals surface area contributed by atoms with Crippen LogP contribution in [0.4, 0.5) is 5.69 Å². The highest BCUT2D eigenvalue weighted by Crippen LogP contribution is 2.17. The molecule has 5 heteroatoms. The van der Waals surface area contributed by atoms with Crippen molar-refractivity contribution in [2.75, 3.05) is 25.5 Å². The van der Waals surface area contributed by atoms with Crippen LogP contribution < -0.4 is 10.1 Å². The van der Waals surface area contributed by atoms with Crippen LogP contribution >= 0.6 is 0 Å². The molecular formula is C20H24N2O3. The molecule has 132 valence electrons. The number of nitrogens with zero attached hydrogens (tertiary/aromatic N) is 1. The minimum absolute atomic E-state index is 0.0115. The van der Waals surface area contributed by atoms with Crippen LogP contribution in [0.2, 0.25) is 0 Å². The van der Waals surface area contributed by atoms with Gasteiger partial charge < -0.3 is 15.0 Å². The number of rotatable bonds is 7. The summed E-state index contributed by atoms with van der Waals surface area (Å²) >= 11 is 0. The van der Waals surface area contributed by atoms with Gasteiger partial charge in [-0.3, -0.25) is 9.59 Å². The molecule has 2 rings (SSSR count). The third-order valence-corrected chi connectivity index (χ3v) is 4.01. The van der Waals surface area contributed by atoms with Crippen LogP contribution in [-0.4, -0.2) is 36.9 Å². The van der Waals surface area contributed by atoms with Crippen LogP contribution in [0.15, 0.2) is 48.5 Å². The fourth-order valence-electron chi connectivity index (χ4n) is 2.34. The van der Waals surface area contributed by atoms with Crippen LogP contribution in [0.5, 0.6) is 5.75 Å². The van der Waals surface area contributed by atoms with E-state index in [0.717, 1.165) is 22.6 Å². The highest BCUT2D eigenvalue weighted by atomic mass is 16.5. The third-order valence-electron chi connectivity index (χ3n) is 4.01. The number of amides is 2. The summed E-state index contributed by atoms with van der Waals surface area (Å²) in [6.07, 6.45) is 0.224. The second-order valence-electron chi connectivity index (χ2n) is 5.96. The number of hydrogen-bond acceptors (Lipinski definition) is 3. The Morgan fingerprint density at radius 3 is 2.48 bits per heavy atom. The third kappa shape index (κ3) is 5.64. The molecule has 0 heterocycles. The molecule has 0 atom stereocenters. The van der Waals surface area contributed by atoms with Gasteiger partial charge in [-0.1, -0.05) is 30.3 Å². The molecule has 0 aromatic heterocycles. The van der Waals surface area contributed by atoms with Gasteiger partial charge in [0.1, 0.15) is 5.75 Å². The molecule has 0 spiro atoms. The van der Waals surface area contributed by atoms with Crippen molar-refractivity contribution in [1.29, 1.82) is 0 Å². The number of ether oxygens (including phenoxy) is 1. The predicted octanol–water partition coefficient (Wildman–Crippen LogP) is 3.17. The maximum absolute atomic E-state index is 12.1. The second-order valence-corrected chi connectivity index (χ2v) is 5.96. The number of hydrogen-bond donors (Lipinski definition) is 1. The van der Waals surface area contributed by atoms with Crippen molar-refractivity contribution in [3.8, 4) is 5.75 Å². The number of benzene rings is 2. The fourth-order valence-corrected chi connectivity index (χ4v) is 2.34. The summed E-state index contributed by atoms with van der Waals surface area (Å²) < 4.78 is 5.51. The summed E-state index contributed by atoms with van der Waals surface area (Å²) in [5.74, 6) is 0.381. The van der Waals surface area contributed by atoms with Crippen LogP contribution in [0, 0.1) is 13.8 Å². The molecule has 2 amide bonds. The van der Waals surface area contributed by atoms with E-state index in [-0.39, 0.29) is 31.4 Å². The van der Waals surface area contributed by atoms with Crippen molar-refractivity contribution < 1.29 is 14.3 Å². The van der Waals surface area contributed by atoms with E-state index >= 15 is 0 Å². The average molecular weight is 340 g/mol. The van der Waals surface area contributed by atoms with E-state index in [0.29, 0.717) is 0 Å². The fraction of sp³-hybridized carbons (Fsp3) is 0.300. The van der Waals surface area contributed by atoms with Crippen LogP contribution in [0.3, 0.4) is 0 Å². The molecule has 0 bridgehead atoms. The summed E-state index contributed by atoms with van der Waals surface area (Å²) in [5, 5.41) is 2.85. The van der Waals surface area contributed by atoms with Crippen molar-refractivity contribution in [3.63, 3.8) is 0 Å². The molecule has 5 nitrogen and oxygen atoms in total. The standard InChI is InChI=1S/C20H24N2O3/c1-15-8-7-11-18(16(15)2)21-19(23)14-22(3)20(24)12-13-25-17-9-5-4-6-10-17/h4-11H,12-14H2,1-3H3,(H,21,23). The predicted molar refractivity (Wildman–Crippen MR) is 98.7 cm³/mol. The quantitative estimate of drug-likeness (QED) is 0.842. The van der Waals surface area contributed by atoms with E-state index < -0.39 is 0 Å². The number of anilines is 1. The first kappa shape index (κ1) is 18.5. The lowest BCUT2D eigenvalue weighted by molar-refractivity contribution is -0.133. The number of likely N-dealkylation sites (N-methyl/N-ethyl adjacent to an activating group) is 1. The zero-order chi connectivity index (χ0) is 18.2. The smallest absolute Gasteiger partial charge is 0.243 e. The highest BCUT2D eigenvalue weighted by molar-refractivity contribution is 5.95. The minimum Gasteiger partial charge on any atom is -0.493 e. The summed E-state index contributed by atoms with van der Waals surface area (Å²) in [5.41, 5.74) is 2.92. The van der Waals surface area contributed by atoms with Crippen molar-refractivity contribution in [2.24, 2.45) is 0 Å². The normalized spacial score (nSPS) is 10.2. The Labute approximate surface area is 148 Å². The van der Waals surface area contributed by atoms with Crippen molar-refractivity contribution >= 4 is 17.5 Å². The Kier molecular flexibility index (Phi) is 6.57. The van der Waals surface area contributed by atoms with Gasteiger partial charge in [0.2, 0.25) is 11.8 Å². The van der Waals surface area contributed by atoms with Gasteiger partial charge in [-0.15, -0.1) is 0 Å². The number of carbonyl (C=O) groups excluding carboxylic acids is 2. The minimum atomic E-state index is -0.214. The first-order valence-corrected chi connectivity index (χ1v) is 8.25. The van der Waals surface area contributed by atoms with Gasteiger partial charge in [-0.05, 0) is 43.2 Å². The number of para-hydroxylation sites is 1. The average Bonchev–Trinajstić information content (AvgIpc) is 2.59. The Morgan fingerprint density at radius 1 is 1.04 bits per heavy atom. The van der Waals surface area contributed by atoms with Crippen LogP contribution in [0.1, 0.15) is 17.5 Å². The molecule has 0 fully saturated rings. The summed E-state index contributed by atoms with van der Waals surface area (Å²) in [6, 6.07) is 15.1. The Hall–Kier alpha value is -2.82. The van der Waals surface area contributed by atoms with Crippen LogP contribution in [-0.2, 0) is 9.59 Å². The van der Waals surface area contributed by atoms with E-state index in [1.54, 1.807) is 7.05 Å². The van der Waals surface area contributed by atoms with E-state index in [1.165, 1.54) is 4.90 Å². The van der Waals surface area contributed by atoms with Gasteiger partial charge in [0.05, 0.1) is 19.6 Å². The van der Waals surface area contributed by atoms with Gasteiger partial charge in [-0.25, -0.2) is 0 Å². The molecule has 0 aliphatic carbocycles. The molecule has 25 heavy (non-hydrogen) atoms. The highest BCUT2D eigenvalue weighted by Gasteiger charge is 2.14. The number of carbonyl (C=O) groups is 2. The Bertz CT molecular complexity index is 729. The SMILES string of the molecule is Cc1cccc(NC(=O)CN(C)C(=O)CCOc2ccccc2)c1C. The van der Waals surface area contributed by atoms with E-state index in [4.69, 9.17) is 4.74 Å². The first-order valence-electron chi connectivity index (χ1n) is 8.25. The Balaban J connectivity index is 1.78. The zero-order valence-corrected chi connectivity index (χ0v) is 14.9. The second kappa shape index (κ2) is 8.87. The van der Waals surface area contributed by atoms with E-state index in [9.17, 15) is 9.59 Å². The molecule has 0 aliphatic rings. The van der Waals surface area contributed by atoms with E-state index in [1.807, 2.05) is 62.4 Å². The lowest BCUT2D eigenvalue weighted by Crippen LogP contribution is -2.35. The summed E-state index contributed by atoms with van der Waals surface area (Å²) in [6.45, 7) is 4.25. The van der Waals surface area contributed by atoms with Gasteiger partial charge in [0.25, 0.3) is 0 Å². The molecule has 1 N–H and O–H groups in total. The lowest BCUT2D eigenvalue weighted by Gasteiger charge is -2.18. The molecular weight excluding hydrogens is 316 g/mol. The maximum Gasteiger partial charge on any atom is 0.243 e. The van der Waals surface area contributed by atoms with Crippen molar-refractivity contribution in [3.05, 3.63) is 59.7 Å². The van der Waals surface area contributed by atoms with Gasteiger partial charge in [0, 0.05) is 12.7 Å². The molecule has 0 saturated heterocycles. The summed E-state index contributed by atoms with van der Waals surface area (Å²) in [7, 11) is 1.62. The molecule has 2 aromatic carbocycles. The number of nitrogens with one attached hydrogen (secondary N) is 1. The molecule has 0 aliphatic heterocycles. The van der Waals surface area contributed by atoms with Crippen molar-refractivity contribution in [1.82, 2.24) is 4.90 Å².